The van der Waals surface area contributed by atoms with Crippen molar-refractivity contribution >= 4 is 29.6 Å². The van der Waals surface area contributed by atoms with Crippen LogP contribution in [0.4, 0.5) is 10.5 Å². The first kappa shape index (κ1) is 29.7. The number of nitrogens with one attached hydrogen (secondary N) is 1. The number of aromatic hydroxyl groups is 1. The number of methoxy groups -OCH3 is 1. The van der Waals surface area contributed by atoms with Crippen LogP contribution in [0.15, 0.2) is 96.6 Å². The number of phenolic OH excluding ortho intramolecular Hbond substituents is 1. The van der Waals surface area contributed by atoms with Crippen molar-refractivity contribution in [3.05, 3.63) is 113 Å². The molecule has 224 valence electrons. The maximum atomic E-state index is 13.2. The minimum atomic E-state index is -0.882. The third-order valence-electron chi connectivity index (χ3n) is 6.65. The third kappa shape index (κ3) is 6.81. The molecule has 44 heavy (non-hydrogen) atoms. The highest BCUT2D eigenvalue weighted by Gasteiger charge is 2.36. The van der Waals surface area contributed by atoms with E-state index in [0.29, 0.717) is 41.8 Å². The molecule has 1 aliphatic heterocycles. The number of carbonyl (C=O) groups is 3. The van der Waals surface area contributed by atoms with Crippen LogP contribution in [0.2, 0.25) is 0 Å². The summed E-state index contributed by atoms with van der Waals surface area (Å²) in [6.07, 6.45) is 1.37. The van der Waals surface area contributed by atoms with Gasteiger partial charge >= 0.3 is 6.03 Å². The van der Waals surface area contributed by atoms with Crippen LogP contribution < -0.4 is 29.2 Å². The fourth-order valence-corrected chi connectivity index (χ4v) is 4.48. The maximum Gasteiger partial charge on any atom is 0.335 e. The molecule has 1 saturated heterocycles. The second-order valence-electron chi connectivity index (χ2n) is 9.66. The topological polar surface area (TPSA) is 124 Å². The summed E-state index contributed by atoms with van der Waals surface area (Å²) in [6, 6.07) is 25.0. The Kier molecular flexibility index (Phi) is 9.10. The number of hydrogen-bond acceptors (Lipinski definition) is 8. The van der Waals surface area contributed by atoms with E-state index in [1.54, 1.807) is 18.2 Å². The van der Waals surface area contributed by atoms with Crippen LogP contribution in [0, 0.1) is 0 Å². The van der Waals surface area contributed by atoms with E-state index in [1.807, 2.05) is 55.5 Å². The van der Waals surface area contributed by atoms with Crippen molar-refractivity contribution in [1.29, 1.82) is 0 Å². The molecule has 4 amide bonds. The van der Waals surface area contributed by atoms with Crippen LogP contribution in [0.1, 0.15) is 23.6 Å². The molecule has 1 fully saturated rings. The standard InChI is InChI=1S/C34H30N2O8/c1-3-42-31-19-24(10-16-29(31)43-20-22-7-5-4-6-8-22)21-44-28-15-9-23(18-30(28)41-2)17-27-32(38)35-34(40)36(33(27)39)25-11-13-26(37)14-12-25/h4-19,37H,3,20-21H2,1-2H3,(H,35,38,40)/b27-17-. The van der Waals surface area contributed by atoms with E-state index in [0.717, 1.165) is 16.0 Å². The maximum absolute atomic E-state index is 13.2. The first-order valence-corrected chi connectivity index (χ1v) is 13.8. The average Bonchev–Trinajstić information content (AvgIpc) is 3.03. The summed E-state index contributed by atoms with van der Waals surface area (Å²) in [4.78, 5) is 39.0. The molecule has 2 N–H and O–H groups in total. The molecule has 0 radical (unpaired) electrons. The van der Waals surface area contributed by atoms with Gasteiger partial charge in [-0.2, -0.15) is 0 Å². The van der Waals surface area contributed by atoms with Crippen molar-refractivity contribution in [2.24, 2.45) is 0 Å². The number of hydrogen-bond donors (Lipinski definition) is 2. The van der Waals surface area contributed by atoms with Crippen LogP contribution in [-0.2, 0) is 22.8 Å². The van der Waals surface area contributed by atoms with Crippen molar-refractivity contribution in [1.82, 2.24) is 5.32 Å². The predicted molar refractivity (Wildman–Crippen MR) is 163 cm³/mol. The van der Waals surface area contributed by atoms with Gasteiger partial charge < -0.3 is 24.1 Å². The van der Waals surface area contributed by atoms with Crippen LogP contribution in [0.5, 0.6) is 28.7 Å². The molecule has 0 aliphatic carbocycles. The highest BCUT2D eigenvalue weighted by atomic mass is 16.5. The lowest BCUT2D eigenvalue weighted by Gasteiger charge is -2.26. The molecule has 0 spiro atoms. The highest BCUT2D eigenvalue weighted by molar-refractivity contribution is 6.39. The van der Waals surface area contributed by atoms with Crippen molar-refractivity contribution in [2.75, 3.05) is 18.6 Å². The summed E-state index contributed by atoms with van der Waals surface area (Å²) >= 11 is 0. The van der Waals surface area contributed by atoms with Gasteiger partial charge in [-0.05, 0) is 78.2 Å². The Bertz CT molecular complexity index is 1700. The Morgan fingerprint density at radius 2 is 1.43 bits per heavy atom. The Morgan fingerprint density at radius 3 is 2.14 bits per heavy atom. The normalized spacial score (nSPS) is 13.9. The van der Waals surface area contributed by atoms with Gasteiger partial charge in [-0.15, -0.1) is 0 Å². The van der Waals surface area contributed by atoms with Crippen molar-refractivity contribution in [2.45, 2.75) is 20.1 Å². The van der Waals surface area contributed by atoms with E-state index in [9.17, 15) is 19.5 Å². The number of anilines is 1. The number of imide groups is 2. The summed E-state index contributed by atoms with van der Waals surface area (Å²) in [6.45, 7) is 2.99. The molecule has 10 heteroatoms. The average molecular weight is 595 g/mol. The third-order valence-corrected chi connectivity index (χ3v) is 6.65. The molecule has 4 aromatic carbocycles. The number of nitrogens with zero attached hydrogens (tertiary/aromatic N) is 1. The highest BCUT2D eigenvalue weighted by Crippen LogP contribution is 2.33. The zero-order valence-electron chi connectivity index (χ0n) is 24.1. The zero-order chi connectivity index (χ0) is 31.1. The Hall–Kier alpha value is -5.77. The molecule has 0 atom stereocenters. The lowest BCUT2D eigenvalue weighted by molar-refractivity contribution is -0.122. The molecular formula is C34H30N2O8. The van der Waals surface area contributed by atoms with E-state index < -0.39 is 17.8 Å². The van der Waals surface area contributed by atoms with Crippen LogP contribution in [0.25, 0.3) is 6.08 Å². The van der Waals surface area contributed by atoms with Crippen LogP contribution in [-0.4, -0.2) is 36.7 Å². The summed E-state index contributed by atoms with van der Waals surface area (Å²) in [5, 5.41) is 11.7. The fourth-order valence-electron chi connectivity index (χ4n) is 4.48. The Labute approximate surface area is 254 Å². The van der Waals surface area contributed by atoms with Gasteiger partial charge in [-0.3, -0.25) is 14.9 Å². The van der Waals surface area contributed by atoms with E-state index in [1.165, 1.54) is 37.5 Å². The minimum Gasteiger partial charge on any atom is -0.508 e. The van der Waals surface area contributed by atoms with Gasteiger partial charge in [0, 0.05) is 0 Å². The van der Waals surface area contributed by atoms with E-state index >= 15 is 0 Å². The molecule has 1 heterocycles. The lowest BCUT2D eigenvalue weighted by atomic mass is 10.1. The minimum absolute atomic E-state index is 0.0283. The van der Waals surface area contributed by atoms with Gasteiger partial charge in [0.25, 0.3) is 11.8 Å². The molecule has 5 rings (SSSR count). The van der Waals surface area contributed by atoms with E-state index in [-0.39, 0.29) is 23.6 Å². The van der Waals surface area contributed by atoms with Gasteiger partial charge in [-0.25, -0.2) is 9.69 Å². The first-order chi connectivity index (χ1) is 21.4. The molecule has 0 saturated carbocycles. The number of carbonyl (C=O) groups excluding carboxylic acids is 3. The van der Waals surface area contributed by atoms with E-state index in [2.05, 4.69) is 5.32 Å². The van der Waals surface area contributed by atoms with Gasteiger partial charge in [0.2, 0.25) is 0 Å². The smallest absolute Gasteiger partial charge is 0.335 e. The molecule has 0 aromatic heterocycles. The Balaban J connectivity index is 1.30. The second-order valence-corrected chi connectivity index (χ2v) is 9.66. The SMILES string of the molecule is CCOc1cc(COc2ccc(/C=C3/C(=O)NC(=O)N(c4ccc(O)cc4)C3=O)cc2OC)ccc1OCc1ccccc1. The number of barbiturate groups is 1. The van der Waals surface area contributed by atoms with Crippen molar-refractivity contribution < 1.29 is 38.4 Å². The summed E-state index contributed by atoms with van der Waals surface area (Å²) in [7, 11) is 1.48. The zero-order valence-corrected chi connectivity index (χ0v) is 24.1. The van der Waals surface area contributed by atoms with Crippen molar-refractivity contribution in [3.63, 3.8) is 0 Å². The monoisotopic (exact) mass is 594 g/mol. The molecule has 1 aliphatic rings. The van der Waals surface area contributed by atoms with Gasteiger partial charge in [0.1, 0.15) is 24.5 Å². The quantitative estimate of drug-likeness (QED) is 0.169. The molecular weight excluding hydrogens is 564 g/mol. The van der Waals surface area contributed by atoms with Gasteiger partial charge in [-0.1, -0.05) is 42.5 Å². The van der Waals surface area contributed by atoms with Crippen molar-refractivity contribution in [3.8, 4) is 28.7 Å². The number of amides is 4. The number of phenols is 1. The van der Waals surface area contributed by atoms with Crippen LogP contribution >= 0.6 is 0 Å². The van der Waals surface area contributed by atoms with Gasteiger partial charge in [0.05, 0.1) is 19.4 Å². The summed E-state index contributed by atoms with van der Waals surface area (Å²) < 4.78 is 23.4. The second kappa shape index (κ2) is 13.5. The summed E-state index contributed by atoms with van der Waals surface area (Å²) in [5.41, 5.74) is 2.33. The number of benzene rings is 4. The van der Waals surface area contributed by atoms with Crippen LogP contribution in [0.3, 0.4) is 0 Å². The summed E-state index contributed by atoms with van der Waals surface area (Å²) in [5.74, 6) is 0.398. The lowest BCUT2D eigenvalue weighted by Crippen LogP contribution is -2.54. The first-order valence-electron chi connectivity index (χ1n) is 13.8. The molecule has 10 nitrogen and oxygen atoms in total. The molecule has 0 bridgehead atoms. The van der Waals surface area contributed by atoms with E-state index in [4.69, 9.17) is 18.9 Å². The molecule has 4 aromatic rings. The van der Waals surface area contributed by atoms with Gasteiger partial charge in [0.15, 0.2) is 23.0 Å². The fraction of sp³-hybridized carbons (Fsp3) is 0.147. The number of urea groups is 1. The number of rotatable bonds is 11. The number of ether oxygens (including phenoxy) is 4. The molecule has 0 unspecified atom stereocenters. The Morgan fingerprint density at radius 1 is 0.750 bits per heavy atom. The largest absolute Gasteiger partial charge is 0.508 e. The predicted octanol–water partition coefficient (Wildman–Crippen LogP) is 5.62.